The molecule has 2 rings (SSSR count). The topological polar surface area (TPSA) is 61.5 Å². The normalized spacial score (nSPS) is 14.6. The lowest BCUT2D eigenvalue weighted by atomic mass is 10.2. The van der Waals surface area contributed by atoms with Crippen LogP contribution in [0.15, 0.2) is 12.1 Å². The minimum atomic E-state index is -0.376. The van der Waals surface area contributed by atoms with Gasteiger partial charge in [-0.1, -0.05) is 0 Å². The van der Waals surface area contributed by atoms with E-state index in [-0.39, 0.29) is 12.1 Å². The van der Waals surface area contributed by atoms with Crippen LogP contribution in [0.25, 0.3) is 0 Å². The summed E-state index contributed by atoms with van der Waals surface area (Å²) in [5.41, 5.74) is 6.94. The SMILES string of the molecule is COC(=O)c1cc(I)c(N)c(OC2CC2)c1. The standard InChI is InChI=1S/C11H12INO3/c1-15-11(14)6-4-8(12)10(13)9(5-6)16-7-2-3-7/h4-5,7H,2-3,13H2,1H3. The molecule has 0 aliphatic heterocycles. The molecule has 16 heavy (non-hydrogen) atoms. The van der Waals surface area contributed by atoms with Gasteiger partial charge in [0, 0.05) is 3.57 Å². The van der Waals surface area contributed by atoms with Gasteiger partial charge in [0.25, 0.3) is 0 Å². The molecule has 1 aromatic rings. The van der Waals surface area contributed by atoms with E-state index >= 15 is 0 Å². The van der Waals surface area contributed by atoms with Crippen LogP contribution in [0.4, 0.5) is 5.69 Å². The Morgan fingerprint density at radius 2 is 2.19 bits per heavy atom. The van der Waals surface area contributed by atoms with Crippen molar-refractivity contribution < 1.29 is 14.3 Å². The van der Waals surface area contributed by atoms with E-state index in [0.29, 0.717) is 17.0 Å². The third-order valence-electron chi connectivity index (χ3n) is 2.33. The van der Waals surface area contributed by atoms with Gasteiger partial charge >= 0.3 is 5.97 Å². The summed E-state index contributed by atoms with van der Waals surface area (Å²) in [7, 11) is 1.35. The highest BCUT2D eigenvalue weighted by Crippen LogP contribution is 2.34. The second kappa shape index (κ2) is 4.48. The summed E-state index contributed by atoms with van der Waals surface area (Å²) < 4.78 is 11.1. The number of hydrogen-bond donors (Lipinski definition) is 1. The van der Waals surface area contributed by atoms with Crippen LogP contribution in [0.2, 0.25) is 0 Å². The highest BCUT2D eigenvalue weighted by Gasteiger charge is 2.25. The predicted octanol–water partition coefficient (Wildman–Crippen LogP) is 2.20. The number of carbonyl (C=O) groups is 1. The van der Waals surface area contributed by atoms with E-state index in [1.807, 2.05) is 0 Å². The molecule has 86 valence electrons. The summed E-state index contributed by atoms with van der Waals surface area (Å²) in [5.74, 6) is 0.202. The van der Waals surface area contributed by atoms with Crippen LogP contribution in [0.3, 0.4) is 0 Å². The van der Waals surface area contributed by atoms with Gasteiger partial charge in [0.05, 0.1) is 24.5 Å². The number of benzene rings is 1. The summed E-state index contributed by atoms with van der Waals surface area (Å²) in [6, 6.07) is 3.34. The van der Waals surface area contributed by atoms with E-state index in [0.717, 1.165) is 16.4 Å². The number of nitrogens with two attached hydrogens (primary N) is 1. The van der Waals surface area contributed by atoms with Crippen molar-refractivity contribution in [1.82, 2.24) is 0 Å². The summed E-state index contributed by atoms with van der Waals surface area (Å²) in [6.45, 7) is 0. The number of anilines is 1. The van der Waals surface area contributed by atoms with Crippen molar-refractivity contribution in [2.75, 3.05) is 12.8 Å². The summed E-state index contributed by atoms with van der Waals surface area (Å²) in [4.78, 5) is 11.4. The highest BCUT2D eigenvalue weighted by molar-refractivity contribution is 14.1. The van der Waals surface area contributed by atoms with E-state index in [1.165, 1.54) is 7.11 Å². The lowest BCUT2D eigenvalue weighted by Crippen LogP contribution is -2.06. The molecule has 1 aliphatic rings. The average Bonchev–Trinajstić information content (AvgIpc) is 3.07. The van der Waals surface area contributed by atoms with E-state index in [4.69, 9.17) is 10.5 Å². The minimum Gasteiger partial charge on any atom is -0.488 e. The smallest absolute Gasteiger partial charge is 0.338 e. The zero-order valence-corrected chi connectivity index (χ0v) is 11.0. The van der Waals surface area contributed by atoms with Crippen LogP contribution >= 0.6 is 22.6 Å². The number of carbonyl (C=O) groups excluding carboxylic acids is 1. The van der Waals surface area contributed by atoms with Gasteiger partial charge in [0.2, 0.25) is 0 Å². The molecule has 0 bridgehead atoms. The maximum atomic E-state index is 11.4. The Morgan fingerprint density at radius 3 is 2.75 bits per heavy atom. The van der Waals surface area contributed by atoms with Crippen LogP contribution < -0.4 is 10.5 Å². The lowest BCUT2D eigenvalue weighted by molar-refractivity contribution is 0.0600. The lowest BCUT2D eigenvalue weighted by Gasteiger charge is -2.11. The van der Waals surface area contributed by atoms with Crippen LogP contribution in [0.1, 0.15) is 23.2 Å². The zero-order chi connectivity index (χ0) is 11.7. The molecule has 0 aromatic heterocycles. The third kappa shape index (κ3) is 2.40. The maximum absolute atomic E-state index is 11.4. The van der Waals surface area contributed by atoms with Crippen LogP contribution in [0.5, 0.6) is 5.75 Å². The molecule has 1 aliphatic carbocycles. The van der Waals surface area contributed by atoms with Crippen molar-refractivity contribution in [3.05, 3.63) is 21.3 Å². The van der Waals surface area contributed by atoms with Crippen LogP contribution in [-0.4, -0.2) is 19.2 Å². The molecule has 4 nitrogen and oxygen atoms in total. The number of hydrogen-bond acceptors (Lipinski definition) is 4. The summed E-state index contributed by atoms with van der Waals surface area (Å²) in [6.07, 6.45) is 2.36. The van der Waals surface area contributed by atoms with Crippen molar-refractivity contribution in [2.24, 2.45) is 0 Å². The molecule has 0 spiro atoms. The molecule has 1 fully saturated rings. The highest BCUT2D eigenvalue weighted by atomic mass is 127. The average molecular weight is 333 g/mol. The van der Waals surface area contributed by atoms with Crippen LogP contribution in [-0.2, 0) is 4.74 Å². The molecule has 0 amide bonds. The number of nitrogen functional groups attached to an aromatic ring is 1. The van der Waals surface area contributed by atoms with Gasteiger partial charge in [-0.25, -0.2) is 4.79 Å². The van der Waals surface area contributed by atoms with Gasteiger partial charge in [-0.2, -0.15) is 0 Å². The fourth-order valence-corrected chi connectivity index (χ4v) is 1.89. The molecule has 0 radical (unpaired) electrons. The molecule has 1 aromatic carbocycles. The molecule has 0 saturated heterocycles. The first-order valence-corrected chi connectivity index (χ1v) is 6.03. The monoisotopic (exact) mass is 333 g/mol. The molecular weight excluding hydrogens is 321 g/mol. The fourth-order valence-electron chi connectivity index (χ4n) is 1.29. The van der Waals surface area contributed by atoms with Crippen molar-refractivity contribution in [1.29, 1.82) is 0 Å². The Hall–Kier alpha value is -0.980. The quantitative estimate of drug-likeness (QED) is 0.523. The number of methoxy groups -OCH3 is 1. The second-order valence-electron chi connectivity index (χ2n) is 3.68. The fraction of sp³-hybridized carbons (Fsp3) is 0.364. The largest absolute Gasteiger partial charge is 0.488 e. The first kappa shape index (κ1) is 11.5. The van der Waals surface area contributed by atoms with Gasteiger partial charge in [0.15, 0.2) is 0 Å². The molecular formula is C11H12INO3. The Labute approximate surface area is 107 Å². The van der Waals surface area contributed by atoms with E-state index in [9.17, 15) is 4.79 Å². The Morgan fingerprint density at radius 1 is 1.50 bits per heavy atom. The summed E-state index contributed by atoms with van der Waals surface area (Å²) in [5, 5.41) is 0. The predicted molar refractivity (Wildman–Crippen MR) is 68.6 cm³/mol. The minimum absolute atomic E-state index is 0.256. The third-order valence-corrected chi connectivity index (χ3v) is 3.22. The number of halogens is 1. The second-order valence-corrected chi connectivity index (χ2v) is 4.84. The molecule has 1 saturated carbocycles. The first-order valence-electron chi connectivity index (χ1n) is 4.96. The zero-order valence-electron chi connectivity index (χ0n) is 8.83. The Balaban J connectivity index is 2.33. The van der Waals surface area contributed by atoms with Gasteiger partial charge in [-0.15, -0.1) is 0 Å². The number of ether oxygens (including phenoxy) is 2. The van der Waals surface area contributed by atoms with E-state index in [1.54, 1.807) is 12.1 Å². The van der Waals surface area contributed by atoms with Gasteiger partial charge < -0.3 is 15.2 Å². The van der Waals surface area contributed by atoms with Crippen LogP contribution in [0, 0.1) is 3.57 Å². The van der Waals surface area contributed by atoms with Crippen molar-refractivity contribution in [3.8, 4) is 5.75 Å². The van der Waals surface area contributed by atoms with Gasteiger partial charge in [0.1, 0.15) is 5.75 Å². The van der Waals surface area contributed by atoms with Crippen molar-refractivity contribution >= 4 is 34.2 Å². The molecule has 0 heterocycles. The van der Waals surface area contributed by atoms with E-state index in [2.05, 4.69) is 27.3 Å². The number of esters is 1. The Kier molecular flexibility index (Phi) is 3.22. The van der Waals surface area contributed by atoms with Crippen molar-refractivity contribution in [2.45, 2.75) is 18.9 Å². The maximum Gasteiger partial charge on any atom is 0.338 e. The first-order chi connectivity index (χ1) is 7.61. The van der Waals surface area contributed by atoms with E-state index < -0.39 is 0 Å². The number of rotatable bonds is 3. The molecule has 2 N–H and O–H groups in total. The molecule has 5 heteroatoms. The Bertz CT molecular complexity index is 429. The molecule has 0 atom stereocenters. The molecule has 0 unspecified atom stereocenters. The van der Waals surface area contributed by atoms with Gasteiger partial charge in [-0.3, -0.25) is 0 Å². The van der Waals surface area contributed by atoms with Crippen molar-refractivity contribution in [3.63, 3.8) is 0 Å². The van der Waals surface area contributed by atoms with Gasteiger partial charge in [-0.05, 0) is 47.6 Å². The summed E-state index contributed by atoms with van der Waals surface area (Å²) >= 11 is 2.08.